The van der Waals surface area contributed by atoms with Crippen molar-refractivity contribution in [2.45, 2.75) is 72.5 Å². The van der Waals surface area contributed by atoms with Crippen LogP contribution in [0.5, 0.6) is 0 Å². The second-order valence-corrected chi connectivity index (χ2v) is 7.47. The van der Waals surface area contributed by atoms with Crippen LogP contribution in [-0.2, 0) is 4.79 Å². The molecular weight excluding hydrogens is 240 g/mol. The Morgan fingerprint density at radius 3 is 2.00 bits per heavy atom. The molecule has 0 fully saturated rings. The summed E-state index contributed by atoms with van der Waals surface area (Å²) >= 11 is 0. The number of hydrogen-bond acceptors (Lipinski definition) is 3. The molecule has 0 amide bonds. The van der Waals surface area contributed by atoms with Gasteiger partial charge in [0, 0.05) is 18.6 Å². The zero-order chi connectivity index (χ0) is 15.4. The van der Waals surface area contributed by atoms with Gasteiger partial charge in [-0.2, -0.15) is 0 Å². The molecule has 19 heavy (non-hydrogen) atoms. The van der Waals surface area contributed by atoms with Crippen LogP contribution in [0.1, 0.15) is 54.9 Å². The van der Waals surface area contributed by atoms with Crippen molar-refractivity contribution in [2.75, 3.05) is 13.6 Å². The second-order valence-electron chi connectivity index (χ2n) is 7.47. The summed E-state index contributed by atoms with van der Waals surface area (Å²) in [4.78, 5) is 13.8. The number of nitrogens with zero attached hydrogens (tertiary/aromatic N) is 1. The van der Waals surface area contributed by atoms with Gasteiger partial charge in [-0.25, -0.2) is 0 Å². The average molecular weight is 272 g/mol. The van der Waals surface area contributed by atoms with Gasteiger partial charge >= 0.3 is 5.97 Å². The Kier molecular flexibility index (Phi) is 6.49. The lowest BCUT2D eigenvalue weighted by Gasteiger charge is -2.37. The second kappa shape index (κ2) is 6.71. The van der Waals surface area contributed by atoms with Crippen LogP contribution in [0, 0.1) is 5.41 Å². The van der Waals surface area contributed by atoms with Crippen LogP contribution in [0.2, 0.25) is 0 Å². The van der Waals surface area contributed by atoms with Gasteiger partial charge in [-0.05, 0) is 46.6 Å². The number of carbonyl (C=O) groups is 1. The van der Waals surface area contributed by atoms with E-state index in [4.69, 9.17) is 0 Å². The molecule has 2 unspecified atom stereocenters. The van der Waals surface area contributed by atoms with Crippen LogP contribution in [-0.4, -0.2) is 47.2 Å². The molecule has 2 N–H and O–H groups in total. The molecule has 0 aromatic rings. The third-order valence-corrected chi connectivity index (χ3v) is 3.26. The summed E-state index contributed by atoms with van der Waals surface area (Å²) in [5.74, 6) is -0.780. The van der Waals surface area contributed by atoms with E-state index in [9.17, 15) is 9.90 Å². The van der Waals surface area contributed by atoms with Gasteiger partial charge in [0.05, 0.1) is 0 Å². The summed E-state index contributed by atoms with van der Waals surface area (Å²) < 4.78 is 0. The first-order valence-corrected chi connectivity index (χ1v) is 7.09. The molecule has 114 valence electrons. The topological polar surface area (TPSA) is 52.6 Å². The number of nitrogens with one attached hydrogen (secondary N) is 1. The molecule has 0 aromatic carbocycles. The van der Waals surface area contributed by atoms with Gasteiger partial charge in [0.25, 0.3) is 0 Å². The van der Waals surface area contributed by atoms with Crippen molar-refractivity contribution in [2.24, 2.45) is 5.41 Å². The minimum absolute atomic E-state index is 0.154. The zero-order valence-corrected chi connectivity index (χ0v) is 13.9. The largest absolute Gasteiger partial charge is 0.480 e. The first-order valence-electron chi connectivity index (χ1n) is 7.09. The Labute approximate surface area is 118 Å². The number of rotatable bonds is 7. The van der Waals surface area contributed by atoms with E-state index in [1.54, 1.807) is 6.92 Å². The lowest BCUT2D eigenvalue weighted by atomic mass is 9.90. The summed E-state index contributed by atoms with van der Waals surface area (Å²) in [7, 11) is 2.06. The fourth-order valence-corrected chi connectivity index (χ4v) is 2.50. The molecule has 0 bridgehead atoms. The van der Waals surface area contributed by atoms with Crippen molar-refractivity contribution < 1.29 is 9.90 Å². The van der Waals surface area contributed by atoms with E-state index in [1.165, 1.54) is 0 Å². The minimum atomic E-state index is -0.875. The number of hydrogen-bond donors (Lipinski definition) is 2. The van der Waals surface area contributed by atoms with Crippen molar-refractivity contribution in [3.8, 4) is 0 Å². The van der Waals surface area contributed by atoms with Gasteiger partial charge in [0.15, 0.2) is 0 Å². The molecular formula is C15H32N2O2. The highest BCUT2D eigenvalue weighted by molar-refractivity contribution is 5.78. The first kappa shape index (κ1) is 18.4. The highest BCUT2D eigenvalue weighted by Crippen LogP contribution is 2.21. The fraction of sp³-hybridized carbons (Fsp3) is 0.933. The van der Waals surface area contributed by atoms with Crippen molar-refractivity contribution >= 4 is 5.97 Å². The predicted molar refractivity (Wildman–Crippen MR) is 80.5 cm³/mol. The Morgan fingerprint density at radius 1 is 1.21 bits per heavy atom. The summed E-state index contributed by atoms with van der Waals surface area (Å²) in [5, 5.41) is 12.6. The average Bonchev–Trinajstić information content (AvgIpc) is 2.12. The van der Waals surface area contributed by atoms with Gasteiger partial charge in [-0.3, -0.25) is 10.1 Å². The van der Waals surface area contributed by atoms with E-state index in [-0.39, 0.29) is 17.5 Å². The molecule has 0 saturated heterocycles. The van der Waals surface area contributed by atoms with Gasteiger partial charge in [-0.1, -0.05) is 20.8 Å². The minimum Gasteiger partial charge on any atom is -0.480 e. The number of carboxylic acid groups (broad SMARTS) is 1. The van der Waals surface area contributed by atoms with Crippen LogP contribution in [0.3, 0.4) is 0 Å². The van der Waals surface area contributed by atoms with Gasteiger partial charge < -0.3 is 10.0 Å². The maximum atomic E-state index is 11.5. The van der Waals surface area contributed by atoms with Crippen molar-refractivity contribution in [3.05, 3.63) is 0 Å². The highest BCUT2D eigenvalue weighted by atomic mass is 16.4. The lowest BCUT2D eigenvalue weighted by Crippen LogP contribution is -2.55. The number of aliphatic carboxylic acids is 1. The normalized spacial score (nSPS) is 17.6. The van der Waals surface area contributed by atoms with E-state index in [2.05, 4.69) is 45.0 Å². The van der Waals surface area contributed by atoms with E-state index in [0.29, 0.717) is 6.42 Å². The Balaban J connectivity index is 4.72. The predicted octanol–water partition coefficient (Wildman–Crippen LogP) is 2.58. The van der Waals surface area contributed by atoms with E-state index < -0.39 is 11.5 Å². The van der Waals surface area contributed by atoms with Gasteiger partial charge in [0.1, 0.15) is 5.54 Å². The van der Waals surface area contributed by atoms with E-state index >= 15 is 0 Å². The van der Waals surface area contributed by atoms with E-state index in [1.807, 2.05) is 13.8 Å². The van der Waals surface area contributed by atoms with Crippen LogP contribution >= 0.6 is 0 Å². The Hall–Kier alpha value is -0.610. The monoisotopic (exact) mass is 272 g/mol. The smallest absolute Gasteiger partial charge is 0.323 e. The molecule has 4 heteroatoms. The first-order chi connectivity index (χ1) is 8.37. The maximum Gasteiger partial charge on any atom is 0.323 e. The molecule has 0 aliphatic rings. The molecule has 0 heterocycles. The molecule has 0 aromatic heterocycles. The molecule has 4 nitrogen and oxygen atoms in total. The summed E-state index contributed by atoms with van der Waals surface area (Å²) in [6.07, 6.45) is 0.590. The summed E-state index contributed by atoms with van der Waals surface area (Å²) in [5.41, 5.74) is -0.659. The van der Waals surface area contributed by atoms with Crippen LogP contribution in [0.25, 0.3) is 0 Å². The number of carboxylic acids is 1. The quantitative estimate of drug-likeness (QED) is 0.748. The highest BCUT2D eigenvalue weighted by Gasteiger charge is 2.36. The van der Waals surface area contributed by atoms with Crippen molar-refractivity contribution in [1.29, 1.82) is 0 Å². The lowest BCUT2D eigenvalue weighted by molar-refractivity contribution is -0.145. The van der Waals surface area contributed by atoms with Crippen molar-refractivity contribution in [1.82, 2.24) is 10.2 Å². The fourth-order valence-electron chi connectivity index (χ4n) is 2.50. The third-order valence-electron chi connectivity index (χ3n) is 3.26. The van der Waals surface area contributed by atoms with Gasteiger partial charge in [0.2, 0.25) is 0 Å². The molecule has 0 saturated carbocycles. The molecule has 0 radical (unpaired) electrons. The summed E-state index contributed by atoms with van der Waals surface area (Å²) in [6.45, 7) is 15.4. The third kappa shape index (κ3) is 6.92. The zero-order valence-electron chi connectivity index (χ0n) is 13.9. The summed E-state index contributed by atoms with van der Waals surface area (Å²) in [6, 6.07) is 0.368. The Bertz CT molecular complexity index is 297. The molecule has 0 spiro atoms. The SMILES string of the molecule is CC(C)NC(C)(CC(C)N(C)CC(C)(C)C)C(=O)O. The van der Waals surface area contributed by atoms with E-state index in [0.717, 1.165) is 6.54 Å². The van der Waals surface area contributed by atoms with Crippen LogP contribution in [0.4, 0.5) is 0 Å². The van der Waals surface area contributed by atoms with Crippen LogP contribution in [0.15, 0.2) is 0 Å². The standard InChI is InChI=1S/C15H32N2O2/c1-11(2)16-15(7,13(18)19)9-12(3)17(8)10-14(4,5)6/h11-12,16H,9-10H2,1-8H3,(H,18,19). The van der Waals surface area contributed by atoms with Crippen LogP contribution < -0.4 is 5.32 Å². The molecule has 0 aliphatic heterocycles. The Morgan fingerprint density at radius 2 is 1.68 bits per heavy atom. The van der Waals surface area contributed by atoms with Crippen molar-refractivity contribution in [3.63, 3.8) is 0 Å². The molecule has 2 atom stereocenters. The maximum absolute atomic E-state index is 11.5. The van der Waals surface area contributed by atoms with Gasteiger partial charge in [-0.15, -0.1) is 0 Å². The molecule has 0 aliphatic carbocycles. The molecule has 0 rings (SSSR count).